The van der Waals surface area contributed by atoms with Crippen LogP contribution < -0.4 is 5.32 Å². The standard InChI is InChI=1S/C14H17FN2O4/c1-7-14(2)5-8(15)11(14)13(20)17(6-21-7)9-3-4-10(18)16-12(9)19/h7,9H,3-6H2,1-2H3,(H,16,18,19). The van der Waals surface area contributed by atoms with Gasteiger partial charge in [0, 0.05) is 18.3 Å². The molecule has 3 amide bonds. The molecule has 3 unspecified atom stereocenters. The number of carbonyl (C=O) groups is 3. The molecule has 3 atom stereocenters. The summed E-state index contributed by atoms with van der Waals surface area (Å²) in [5.41, 5.74) is -0.533. The van der Waals surface area contributed by atoms with Gasteiger partial charge in [-0.25, -0.2) is 4.39 Å². The zero-order valence-corrected chi connectivity index (χ0v) is 11.9. The van der Waals surface area contributed by atoms with Crippen molar-refractivity contribution in [2.24, 2.45) is 5.41 Å². The summed E-state index contributed by atoms with van der Waals surface area (Å²) in [7, 11) is 0. The summed E-state index contributed by atoms with van der Waals surface area (Å²) in [5.74, 6) is -1.82. The molecule has 2 fully saturated rings. The Labute approximate surface area is 121 Å². The molecular formula is C14H17FN2O4. The number of allylic oxidation sites excluding steroid dienone is 1. The third-order valence-electron chi connectivity index (χ3n) is 4.79. The van der Waals surface area contributed by atoms with Gasteiger partial charge in [-0.1, -0.05) is 6.92 Å². The molecule has 2 aliphatic heterocycles. The summed E-state index contributed by atoms with van der Waals surface area (Å²) >= 11 is 0. The minimum Gasteiger partial charge on any atom is -0.357 e. The van der Waals surface area contributed by atoms with E-state index in [1.54, 1.807) is 13.8 Å². The van der Waals surface area contributed by atoms with Gasteiger partial charge >= 0.3 is 0 Å². The van der Waals surface area contributed by atoms with Crippen LogP contribution in [0.15, 0.2) is 11.4 Å². The van der Waals surface area contributed by atoms with Crippen molar-refractivity contribution in [3.05, 3.63) is 11.4 Å². The van der Waals surface area contributed by atoms with Crippen molar-refractivity contribution in [3.8, 4) is 0 Å². The van der Waals surface area contributed by atoms with Crippen LogP contribution in [0.4, 0.5) is 4.39 Å². The number of imide groups is 1. The Kier molecular flexibility index (Phi) is 3.12. The summed E-state index contributed by atoms with van der Waals surface area (Å²) in [6, 6.07) is -0.786. The van der Waals surface area contributed by atoms with Gasteiger partial charge < -0.3 is 9.64 Å². The molecule has 0 aromatic rings. The molecule has 0 spiro atoms. The third-order valence-corrected chi connectivity index (χ3v) is 4.79. The average Bonchev–Trinajstić information content (AvgIpc) is 2.45. The number of hydrogen-bond donors (Lipinski definition) is 1. The van der Waals surface area contributed by atoms with Crippen molar-refractivity contribution < 1.29 is 23.5 Å². The van der Waals surface area contributed by atoms with E-state index in [0.717, 1.165) is 0 Å². The van der Waals surface area contributed by atoms with Crippen molar-refractivity contribution in [1.82, 2.24) is 10.2 Å². The molecular weight excluding hydrogens is 279 g/mol. The number of carbonyl (C=O) groups excluding carboxylic acids is 3. The number of rotatable bonds is 1. The summed E-state index contributed by atoms with van der Waals surface area (Å²) < 4.78 is 19.5. The number of hydrogen-bond acceptors (Lipinski definition) is 4. The van der Waals surface area contributed by atoms with Crippen LogP contribution in [0.5, 0.6) is 0 Å². The molecule has 1 aliphatic carbocycles. The normalized spacial score (nSPS) is 36.9. The molecule has 1 N–H and O–H groups in total. The number of nitrogens with zero attached hydrogens (tertiary/aromatic N) is 1. The monoisotopic (exact) mass is 296 g/mol. The Bertz CT molecular complexity index is 573. The molecule has 0 saturated carbocycles. The Morgan fingerprint density at radius 3 is 2.71 bits per heavy atom. The fraction of sp³-hybridized carbons (Fsp3) is 0.643. The topological polar surface area (TPSA) is 75.7 Å². The Balaban J connectivity index is 1.91. The van der Waals surface area contributed by atoms with Gasteiger partial charge in [0.05, 0.1) is 11.7 Å². The number of amides is 3. The maximum atomic E-state index is 13.8. The second-order valence-corrected chi connectivity index (χ2v) is 6.05. The number of nitrogens with one attached hydrogen (secondary N) is 1. The molecule has 6 nitrogen and oxygen atoms in total. The molecule has 21 heavy (non-hydrogen) atoms. The first kappa shape index (κ1) is 14.2. The van der Waals surface area contributed by atoms with Crippen LogP contribution in [0.25, 0.3) is 0 Å². The van der Waals surface area contributed by atoms with Crippen LogP contribution in [-0.2, 0) is 19.1 Å². The molecule has 7 heteroatoms. The second-order valence-electron chi connectivity index (χ2n) is 6.05. The Morgan fingerprint density at radius 1 is 1.38 bits per heavy atom. The number of ether oxygens (including phenoxy) is 1. The van der Waals surface area contributed by atoms with E-state index < -0.39 is 29.1 Å². The quantitative estimate of drug-likeness (QED) is 0.720. The predicted molar refractivity (Wildman–Crippen MR) is 69.3 cm³/mol. The number of piperidine rings is 1. The predicted octanol–water partition coefficient (Wildman–Crippen LogP) is 0.630. The van der Waals surface area contributed by atoms with Gasteiger partial charge in [-0.3, -0.25) is 19.7 Å². The summed E-state index contributed by atoms with van der Waals surface area (Å²) in [5, 5.41) is 2.21. The Morgan fingerprint density at radius 2 is 2.10 bits per heavy atom. The second kappa shape index (κ2) is 4.62. The lowest BCUT2D eigenvalue weighted by atomic mass is 9.65. The van der Waals surface area contributed by atoms with E-state index in [9.17, 15) is 18.8 Å². The largest absolute Gasteiger partial charge is 0.357 e. The maximum Gasteiger partial charge on any atom is 0.255 e. The smallest absolute Gasteiger partial charge is 0.255 e. The highest BCUT2D eigenvalue weighted by atomic mass is 19.1. The van der Waals surface area contributed by atoms with E-state index >= 15 is 0 Å². The van der Waals surface area contributed by atoms with Gasteiger partial charge in [0.25, 0.3) is 5.91 Å². The molecule has 0 bridgehead atoms. The van der Waals surface area contributed by atoms with Crippen LogP contribution in [-0.4, -0.2) is 41.5 Å². The zero-order chi connectivity index (χ0) is 15.4. The first-order valence-corrected chi connectivity index (χ1v) is 7.00. The fourth-order valence-corrected chi connectivity index (χ4v) is 3.20. The van der Waals surface area contributed by atoms with Crippen LogP contribution in [0.1, 0.15) is 33.1 Å². The van der Waals surface area contributed by atoms with E-state index in [4.69, 9.17) is 4.74 Å². The lowest BCUT2D eigenvalue weighted by molar-refractivity contribution is -0.148. The number of halogens is 1. The highest BCUT2D eigenvalue weighted by Crippen LogP contribution is 2.52. The van der Waals surface area contributed by atoms with Gasteiger partial charge in [-0.2, -0.15) is 0 Å². The van der Waals surface area contributed by atoms with Crippen molar-refractivity contribution in [2.45, 2.75) is 45.3 Å². The zero-order valence-electron chi connectivity index (χ0n) is 11.9. The highest BCUT2D eigenvalue weighted by Gasteiger charge is 2.54. The molecule has 2 saturated heterocycles. The van der Waals surface area contributed by atoms with Crippen molar-refractivity contribution in [1.29, 1.82) is 0 Å². The first-order chi connectivity index (χ1) is 9.84. The third kappa shape index (κ3) is 1.98. The van der Waals surface area contributed by atoms with Crippen molar-refractivity contribution in [3.63, 3.8) is 0 Å². The molecule has 0 radical (unpaired) electrons. The summed E-state index contributed by atoms with van der Waals surface area (Å²) in [4.78, 5) is 36.9. The van der Waals surface area contributed by atoms with Gasteiger partial charge in [0.2, 0.25) is 11.8 Å². The fourth-order valence-electron chi connectivity index (χ4n) is 3.20. The van der Waals surface area contributed by atoms with E-state index in [1.165, 1.54) is 4.90 Å². The van der Waals surface area contributed by atoms with Crippen LogP contribution in [0.2, 0.25) is 0 Å². The summed E-state index contributed by atoms with van der Waals surface area (Å²) in [6.07, 6.45) is 0.265. The SMILES string of the molecule is CC1OCN(C2CCC(=O)NC2=O)C(=O)C2=C(F)CC21C. The van der Waals surface area contributed by atoms with E-state index in [-0.39, 0.29) is 43.6 Å². The van der Waals surface area contributed by atoms with Crippen LogP contribution in [0, 0.1) is 5.41 Å². The Hall–Kier alpha value is -1.76. The van der Waals surface area contributed by atoms with Crippen molar-refractivity contribution in [2.75, 3.05) is 6.73 Å². The van der Waals surface area contributed by atoms with E-state index in [2.05, 4.69) is 5.32 Å². The highest BCUT2D eigenvalue weighted by molar-refractivity contribution is 6.04. The minimum absolute atomic E-state index is 0.0708. The molecule has 3 rings (SSSR count). The van der Waals surface area contributed by atoms with E-state index in [1.807, 2.05) is 0 Å². The van der Waals surface area contributed by atoms with Gasteiger partial charge in [0.15, 0.2) is 0 Å². The van der Waals surface area contributed by atoms with Gasteiger partial charge in [-0.05, 0) is 13.3 Å². The average molecular weight is 296 g/mol. The van der Waals surface area contributed by atoms with Gasteiger partial charge in [-0.15, -0.1) is 0 Å². The lowest BCUT2D eigenvalue weighted by Gasteiger charge is -2.41. The molecule has 0 aromatic carbocycles. The van der Waals surface area contributed by atoms with Crippen LogP contribution in [0.3, 0.4) is 0 Å². The molecule has 3 aliphatic rings. The molecule has 114 valence electrons. The van der Waals surface area contributed by atoms with Crippen LogP contribution >= 0.6 is 0 Å². The summed E-state index contributed by atoms with van der Waals surface area (Å²) in [6.45, 7) is 3.52. The molecule has 2 heterocycles. The lowest BCUT2D eigenvalue weighted by Crippen LogP contribution is -2.55. The number of fused-ring (bicyclic) bond motifs is 1. The molecule has 0 aromatic heterocycles. The first-order valence-electron chi connectivity index (χ1n) is 7.00. The van der Waals surface area contributed by atoms with Crippen molar-refractivity contribution >= 4 is 17.7 Å². The maximum absolute atomic E-state index is 13.8. The van der Waals surface area contributed by atoms with Gasteiger partial charge in [0.1, 0.15) is 18.6 Å². The minimum atomic E-state index is -0.786. The van der Waals surface area contributed by atoms with E-state index in [0.29, 0.717) is 0 Å².